The quantitative estimate of drug-likeness (QED) is 0.586. The monoisotopic (exact) mass is 278 g/mol. The van der Waals surface area contributed by atoms with Crippen molar-refractivity contribution < 1.29 is 4.79 Å². The molecule has 1 aromatic rings. The van der Waals surface area contributed by atoms with Crippen LogP contribution in [0.2, 0.25) is 0 Å². The van der Waals surface area contributed by atoms with Crippen LogP contribution in [0, 0.1) is 0 Å². The normalized spacial score (nSPS) is 10.2. The molecule has 0 aromatic heterocycles. The number of nitrogens with zero attached hydrogens (tertiary/aromatic N) is 1. The minimum Gasteiger partial charge on any atom is -0.393 e. The summed E-state index contributed by atoms with van der Waals surface area (Å²) < 4.78 is 0. The summed E-state index contributed by atoms with van der Waals surface area (Å²) >= 11 is 4.90. The van der Waals surface area contributed by atoms with Crippen LogP contribution in [0.15, 0.2) is 30.3 Å². The Bertz CT molecular complexity index is 406. The van der Waals surface area contributed by atoms with E-state index in [1.807, 2.05) is 30.3 Å². The van der Waals surface area contributed by atoms with Gasteiger partial charge in [0.1, 0.15) is 0 Å². The molecule has 1 aromatic carbocycles. The topological polar surface area (TPSA) is 46.3 Å². The molecule has 4 heteroatoms. The minimum absolute atomic E-state index is 0.149. The van der Waals surface area contributed by atoms with Crippen LogP contribution in [0.4, 0.5) is 5.69 Å². The van der Waals surface area contributed by atoms with Gasteiger partial charge in [0.15, 0.2) is 0 Å². The third-order valence-electron chi connectivity index (χ3n) is 2.94. The van der Waals surface area contributed by atoms with Gasteiger partial charge in [-0.2, -0.15) is 0 Å². The molecule has 0 atom stereocenters. The summed E-state index contributed by atoms with van der Waals surface area (Å²) in [4.78, 5) is 14.5. The van der Waals surface area contributed by atoms with Crippen molar-refractivity contribution in [2.75, 3.05) is 11.4 Å². The molecule has 0 aliphatic carbocycles. The molecule has 0 saturated carbocycles. The molecule has 2 N–H and O–H groups in total. The maximum atomic E-state index is 12.3. The molecule has 1 amide bonds. The predicted molar refractivity (Wildman–Crippen MR) is 84.3 cm³/mol. The number of amides is 1. The van der Waals surface area contributed by atoms with Crippen molar-refractivity contribution in [3.8, 4) is 0 Å². The van der Waals surface area contributed by atoms with E-state index in [2.05, 4.69) is 6.92 Å². The minimum atomic E-state index is 0.149. The van der Waals surface area contributed by atoms with Crippen molar-refractivity contribution in [2.24, 2.45) is 5.73 Å². The maximum absolute atomic E-state index is 12.3. The number of unbranched alkanes of at least 4 members (excludes halogenated alkanes) is 2. The number of carbonyl (C=O) groups is 1. The number of para-hydroxylation sites is 1. The number of benzene rings is 1. The van der Waals surface area contributed by atoms with Gasteiger partial charge in [-0.05, 0) is 18.6 Å². The molecular formula is C15H22N2OS. The van der Waals surface area contributed by atoms with Gasteiger partial charge in [0.25, 0.3) is 0 Å². The van der Waals surface area contributed by atoms with Crippen LogP contribution in [0.1, 0.15) is 39.0 Å². The summed E-state index contributed by atoms with van der Waals surface area (Å²) in [6, 6.07) is 9.69. The molecule has 0 fully saturated rings. The van der Waals surface area contributed by atoms with Gasteiger partial charge < -0.3 is 10.6 Å². The van der Waals surface area contributed by atoms with Crippen LogP contribution in [-0.4, -0.2) is 17.4 Å². The highest BCUT2D eigenvalue weighted by Gasteiger charge is 2.14. The van der Waals surface area contributed by atoms with Gasteiger partial charge in [0.2, 0.25) is 5.91 Å². The van der Waals surface area contributed by atoms with Gasteiger partial charge in [-0.3, -0.25) is 4.79 Å². The van der Waals surface area contributed by atoms with Gasteiger partial charge in [0, 0.05) is 25.1 Å². The second kappa shape index (κ2) is 8.64. The number of carbonyl (C=O) groups excluding carboxylic acids is 1. The Balaban J connectivity index is 2.69. The highest BCUT2D eigenvalue weighted by molar-refractivity contribution is 7.80. The van der Waals surface area contributed by atoms with Crippen molar-refractivity contribution in [3.05, 3.63) is 30.3 Å². The molecule has 0 saturated heterocycles. The smallest absolute Gasteiger partial charge is 0.226 e. The van der Waals surface area contributed by atoms with Gasteiger partial charge in [0.05, 0.1) is 4.99 Å². The Kier molecular flexibility index (Phi) is 7.11. The van der Waals surface area contributed by atoms with Crippen molar-refractivity contribution in [1.82, 2.24) is 0 Å². The number of hydrogen-bond donors (Lipinski definition) is 1. The highest BCUT2D eigenvalue weighted by Crippen LogP contribution is 2.16. The molecule has 0 unspecified atom stereocenters. The van der Waals surface area contributed by atoms with E-state index in [9.17, 15) is 4.79 Å². The summed E-state index contributed by atoms with van der Waals surface area (Å²) in [6.07, 6.45) is 4.28. The van der Waals surface area contributed by atoms with E-state index in [1.54, 1.807) is 4.90 Å². The first-order valence-corrected chi connectivity index (χ1v) is 7.19. The molecule has 0 aliphatic heterocycles. The lowest BCUT2D eigenvalue weighted by atomic mass is 10.1. The lowest BCUT2D eigenvalue weighted by molar-refractivity contribution is -0.118. The predicted octanol–water partition coefficient (Wildman–Crippen LogP) is 3.28. The first-order chi connectivity index (χ1) is 9.15. The molecule has 3 nitrogen and oxygen atoms in total. The zero-order valence-corrected chi connectivity index (χ0v) is 12.3. The van der Waals surface area contributed by atoms with Gasteiger partial charge in [-0.1, -0.05) is 50.2 Å². The molecule has 19 heavy (non-hydrogen) atoms. The summed E-state index contributed by atoms with van der Waals surface area (Å²) in [5.41, 5.74) is 6.45. The molecule has 0 spiro atoms. The van der Waals surface area contributed by atoms with Crippen LogP contribution < -0.4 is 10.6 Å². The fourth-order valence-electron chi connectivity index (χ4n) is 1.89. The molecular weight excluding hydrogens is 256 g/mol. The number of anilines is 1. The molecule has 104 valence electrons. The zero-order chi connectivity index (χ0) is 14.1. The SMILES string of the molecule is CCCCCC(=O)N(CCC(N)=S)c1ccccc1. The molecule has 1 rings (SSSR count). The summed E-state index contributed by atoms with van der Waals surface area (Å²) in [7, 11) is 0. The largest absolute Gasteiger partial charge is 0.393 e. The average Bonchev–Trinajstić information content (AvgIpc) is 2.40. The fraction of sp³-hybridized carbons (Fsp3) is 0.467. The zero-order valence-electron chi connectivity index (χ0n) is 11.5. The van der Waals surface area contributed by atoms with E-state index in [1.165, 1.54) is 0 Å². The molecule has 0 heterocycles. The summed E-state index contributed by atoms with van der Waals surface area (Å²) in [5, 5.41) is 0. The van der Waals surface area contributed by atoms with E-state index in [-0.39, 0.29) is 5.91 Å². The maximum Gasteiger partial charge on any atom is 0.226 e. The lowest BCUT2D eigenvalue weighted by Gasteiger charge is -2.22. The molecule has 0 aliphatic rings. The second-order valence-corrected chi connectivity index (χ2v) is 5.08. The van der Waals surface area contributed by atoms with E-state index < -0.39 is 0 Å². The van der Waals surface area contributed by atoms with E-state index >= 15 is 0 Å². The molecule has 0 bridgehead atoms. The summed E-state index contributed by atoms with van der Waals surface area (Å²) in [6.45, 7) is 2.69. The van der Waals surface area contributed by atoms with E-state index in [0.717, 1.165) is 24.9 Å². The Morgan fingerprint density at radius 1 is 1.21 bits per heavy atom. The third kappa shape index (κ3) is 5.83. The second-order valence-electron chi connectivity index (χ2n) is 4.55. The standard InChI is InChI=1S/C15H22N2OS/c1-2-3-5-10-15(18)17(12-11-14(16)19)13-8-6-4-7-9-13/h4,6-9H,2-3,5,10-12H2,1H3,(H2,16,19). The van der Waals surface area contributed by atoms with Crippen molar-refractivity contribution >= 4 is 28.8 Å². The van der Waals surface area contributed by atoms with Crippen molar-refractivity contribution in [1.29, 1.82) is 0 Å². The van der Waals surface area contributed by atoms with Crippen LogP contribution in [0.5, 0.6) is 0 Å². The number of thiocarbonyl (C=S) groups is 1. The van der Waals surface area contributed by atoms with Gasteiger partial charge in [-0.15, -0.1) is 0 Å². The molecule has 0 radical (unpaired) electrons. The first kappa shape index (κ1) is 15.6. The third-order valence-corrected chi connectivity index (χ3v) is 3.15. The van der Waals surface area contributed by atoms with Crippen molar-refractivity contribution in [3.63, 3.8) is 0 Å². The highest BCUT2D eigenvalue weighted by atomic mass is 32.1. The summed E-state index contributed by atoms with van der Waals surface area (Å²) in [5.74, 6) is 0.149. The average molecular weight is 278 g/mol. The van der Waals surface area contributed by atoms with Crippen LogP contribution in [-0.2, 0) is 4.79 Å². The Morgan fingerprint density at radius 3 is 2.47 bits per heavy atom. The number of rotatable bonds is 8. The van der Waals surface area contributed by atoms with Crippen LogP contribution >= 0.6 is 12.2 Å². The van der Waals surface area contributed by atoms with Crippen LogP contribution in [0.3, 0.4) is 0 Å². The Hall–Kier alpha value is -1.42. The van der Waals surface area contributed by atoms with Gasteiger partial charge >= 0.3 is 0 Å². The van der Waals surface area contributed by atoms with E-state index in [0.29, 0.717) is 24.4 Å². The number of hydrogen-bond acceptors (Lipinski definition) is 2. The first-order valence-electron chi connectivity index (χ1n) is 6.79. The van der Waals surface area contributed by atoms with Crippen molar-refractivity contribution in [2.45, 2.75) is 39.0 Å². The Morgan fingerprint density at radius 2 is 1.89 bits per heavy atom. The lowest BCUT2D eigenvalue weighted by Crippen LogP contribution is -2.33. The fourth-order valence-corrected chi connectivity index (χ4v) is 1.98. The van der Waals surface area contributed by atoms with Crippen LogP contribution in [0.25, 0.3) is 0 Å². The Labute approximate surface area is 120 Å². The number of nitrogens with two attached hydrogens (primary N) is 1. The van der Waals surface area contributed by atoms with E-state index in [4.69, 9.17) is 18.0 Å². The van der Waals surface area contributed by atoms with Gasteiger partial charge in [-0.25, -0.2) is 0 Å².